The zero-order valence-corrected chi connectivity index (χ0v) is 11.4. The zero-order chi connectivity index (χ0) is 12.7. The highest BCUT2D eigenvalue weighted by Gasteiger charge is 2.40. The normalized spacial score (nSPS) is 33.7. The van der Waals surface area contributed by atoms with Crippen molar-refractivity contribution < 1.29 is 0 Å². The molecule has 3 rings (SSSR count). The summed E-state index contributed by atoms with van der Waals surface area (Å²) in [6.45, 7) is 6.81. The first-order valence-corrected chi connectivity index (χ1v) is 6.85. The lowest BCUT2D eigenvalue weighted by molar-refractivity contribution is 0.430. The third-order valence-corrected chi connectivity index (χ3v) is 4.66. The lowest BCUT2D eigenvalue weighted by Gasteiger charge is -2.22. The molecule has 4 unspecified atom stereocenters. The molecule has 1 saturated carbocycles. The summed E-state index contributed by atoms with van der Waals surface area (Å²) in [5.74, 6) is 2.28. The molecule has 2 radical (unpaired) electrons. The summed E-state index contributed by atoms with van der Waals surface area (Å²) in [6, 6.07) is 6.66. The van der Waals surface area contributed by atoms with Crippen LogP contribution >= 0.6 is 0 Å². The van der Waals surface area contributed by atoms with Crippen molar-refractivity contribution in [2.75, 3.05) is 0 Å². The second-order valence-corrected chi connectivity index (χ2v) is 5.67. The number of benzene rings is 1. The van der Waals surface area contributed by atoms with Gasteiger partial charge in [-0.3, -0.25) is 0 Å². The van der Waals surface area contributed by atoms with E-state index in [4.69, 9.17) is 0 Å². The average Bonchev–Trinajstić information content (AvgIpc) is 2.71. The second kappa shape index (κ2) is 4.42. The van der Waals surface area contributed by atoms with Gasteiger partial charge in [0.15, 0.2) is 0 Å². The molecule has 0 saturated heterocycles. The fourth-order valence-corrected chi connectivity index (χ4v) is 3.36. The fraction of sp³-hybridized carbons (Fsp3) is 0.389. The van der Waals surface area contributed by atoms with Crippen LogP contribution in [0.15, 0.2) is 42.5 Å². The Morgan fingerprint density at radius 1 is 1.06 bits per heavy atom. The van der Waals surface area contributed by atoms with Crippen molar-refractivity contribution in [2.24, 2.45) is 17.8 Å². The van der Waals surface area contributed by atoms with E-state index in [9.17, 15) is 0 Å². The molecule has 1 aromatic rings. The number of aryl methyl sites for hydroxylation is 1. The molecule has 18 heavy (non-hydrogen) atoms. The molecule has 0 N–H and O–H groups in total. The van der Waals surface area contributed by atoms with Crippen molar-refractivity contribution in [3.63, 3.8) is 0 Å². The molecule has 1 aromatic carbocycles. The molecular formula is C18H20. The summed E-state index contributed by atoms with van der Waals surface area (Å²) >= 11 is 0. The molecular weight excluding hydrogens is 216 g/mol. The summed E-state index contributed by atoms with van der Waals surface area (Å²) in [4.78, 5) is 0. The van der Waals surface area contributed by atoms with Gasteiger partial charge in [-0.15, -0.1) is 0 Å². The van der Waals surface area contributed by atoms with Crippen molar-refractivity contribution in [1.29, 1.82) is 0 Å². The Bertz CT molecular complexity index is 507. The first kappa shape index (κ1) is 11.8. The zero-order valence-electron chi connectivity index (χ0n) is 11.4. The summed E-state index contributed by atoms with van der Waals surface area (Å²) in [5, 5.41) is 0. The third kappa shape index (κ3) is 1.75. The van der Waals surface area contributed by atoms with Crippen LogP contribution in [0.4, 0.5) is 0 Å². The Labute approximate surface area is 110 Å². The minimum atomic E-state index is 0.479. The quantitative estimate of drug-likeness (QED) is 0.674. The highest BCUT2D eigenvalue weighted by atomic mass is 14.4. The predicted molar refractivity (Wildman–Crippen MR) is 76.3 cm³/mol. The van der Waals surface area contributed by atoms with Crippen LogP contribution in [0.3, 0.4) is 0 Å². The standard InChI is InChI=1S/C18H20/c1-12-7-6-10-17(13(12)2)18-11-15-8-4-5-9-16(15)14(18)3/h4-10,14-16,18H,1-3H3. The van der Waals surface area contributed by atoms with Gasteiger partial charge in [-0.05, 0) is 60.6 Å². The first-order valence-electron chi connectivity index (χ1n) is 6.85. The smallest absolute Gasteiger partial charge is 0.000879 e. The van der Waals surface area contributed by atoms with Gasteiger partial charge in [0.2, 0.25) is 0 Å². The Morgan fingerprint density at radius 3 is 2.61 bits per heavy atom. The van der Waals surface area contributed by atoms with Crippen LogP contribution in [0.1, 0.15) is 29.5 Å². The minimum Gasteiger partial charge on any atom is -0.0805 e. The van der Waals surface area contributed by atoms with Crippen molar-refractivity contribution in [3.05, 3.63) is 65.6 Å². The fourth-order valence-electron chi connectivity index (χ4n) is 3.36. The van der Waals surface area contributed by atoms with Crippen LogP contribution in [0.25, 0.3) is 0 Å². The molecule has 0 heterocycles. The molecule has 4 atom stereocenters. The Balaban J connectivity index is 1.96. The molecule has 0 heteroatoms. The Kier molecular flexibility index (Phi) is 2.89. The van der Waals surface area contributed by atoms with Gasteiger partial charge in [-0.25, -0.2) is 0 Å². The molecule has 0 bridgehead atoms. The van der Waals surface area contributed by atoms with E-state index < -0.39 is 0 Å². The van der Waals surface area contributed by atoms with Crippen molar-refractivity contribution in [1.82, 2.24) is 0 Å². The molecule has 0 nitrogen and oxygen atoms in total. The average molecular weight is 236 g/mol. The summed E-state index contributed by atoms with van der Waals surface area (Å²) in [5.41, 5.74) is 4.30. The number of fused-ring (bicyclic) bond motifs is 1. The van der Waals surface area contributed by atoms with Crippen molar-refractivity contribution >= 4 is 0 Å². The minimum absolute atomic E-state index is 0.479. The molecule has 2 aliphatic rings. The van der Waals surface area contributed by atoms with E-state index in [-0.39, 0.29) is 0 Å². The number of rotatable bonds is 1. The molecule has 0 amide bonds. The predicted octanol–water partition coefficient (Wildman–Crippen LogP) is 4.48. The first-order chi connectivity index (χ1) is 8.68. The van der Waals surface area contributed by atoms with Crippen LogP contribution in [0.2, 0.25) is 0 Å². The largest absolute Gasteiger partial charge is 0.0805 e. The molecule has 92 valence electrons. The number of hydrogen-bond donors (Lipinski definition) is 0. The van der Waals surface area contributed by atoms with Crippen LogP contribution < -0.4 is 0 Å². The van der Waals surface area contributed by atoms with E-state index in [1.165, 1.54) is 16.7 Å². The van der Waals surface area contributed by atoms with Crippen LogP contribution in [0, 0.1) is 38.0 Å². The molecule has 1 fully saturated rings. The van der Waals surface area contributed by atoms with E-state index >= 15 is 0 Å². The van der Waals surface area contributed by atoms with Gasteiger partial charge in [0, 0.05) is 0 Å². The summed E-state index contributed by atoms with van der Waals surface area (Å²) in [7, 11) is 0. The summed E-state index contributed by atoms with van der Waals surface area (Å²) < 4.78 is 0. The number of allylic oxidation sites excluding steroid dienone is 4. The SMILES string of the molecule is Cc1cccc(C2[C]C3C=CC=CC3C2C)c1C. The van der Waals surface area contributed by atoms with E-state index in [0.29, 0.717) is 23.7 Å². The lowest BCUT2D eigenvalue weighted by atomic mass is 9.82. The van der Waals surface area contributed by atoms with E-state index in [1.807, 2.05) is 0 Å². The third-order valence-electron chi connectivity index (χ3n) is 4.66. The maximum atomic E-state index is 3.79. The van der Waals surface area contributed by atoms with Crippen LogP contribution in [0.5, 0.6) is 0 Å². The number of hydrogen-bond acceptors (Lipinski definition) is 0. The second-order valence-electron chi connectivity index (χ2n) is 5.67. The highest BCUT2D eigenvalue weighted by molar-refractivity contribution is 5.40. The van der Waals surface area contributed by atoms with Crippen molar-refractivity contribution in [3.8, 4) is 0 Å². The van der Waals surface area contributed by atoms with Gasteiger partial charge in [-0.1, -0.05) is 49.4 Å². The molecule has 0 aliphatic heterocycles. The summed E-state index contributed by atoms with van der Waals surface area (Å²) in [6.07, 6.45) is 12.8. The highest BCUT2D eigenvalue weighted by Crippen LogP contribution is 2.49. The monoisotopic (exact) mass is 236 g/mol. The van der Waals surface area contributed by atoms with Crippen molar-refractivity contribution in [2.45, 2.75) is 26.7 Å². The maximum absolute atomic E-state index is 3.79. The van der Waals surface area contributed by atoms with E-state index in [1.54, 1.807) is 0 Å². The lowest BCUT2D eigenvalue weighted by Crippen LogP contribution is -2.12. The van der Waals surface area contributed by atoms with Crippen LogP contribution in [-0.4, -0.2) is 0 Å². The topological polar surface area (TPSA) is 0 Å². The molecule has 2 aliphatic carbocycles. The van der Waals surface area contributed by atoms with E-state index in [2.05, 4.69) is 69.7 Å². The molecule has 0 spiro atoms. The molecule has 0 aromatic heterocycles. The van der Waals surface area contributed by atoms with Gasteiger partial charge in [-0.2, -0.15) is 0 Å². The van der Waals surface area contributed by atoms with Gasteiger partial charge in [0.25, 0.3) is 0 Å². The van der Waals surface area contributed by atoms with Gasteiger partial charge < -0.3 is 0 Å². The van der Waals surface area contributed by atoms with Gasteiger partial charge >= 0.3 is 0 Å². The van der Waals surface area contributed by atoms with E-state index in [0.717, 1.165) is 0 Å². The van der Waals surface area contributed by atoms with Gasteiger partial charge in [0.1, 0.15) is 0 Å². The maximum Gasteiger partial charge on any atom is -0.000879 e. The Hall–Kier alpha value is -1.30. The van der Waals surface area contributed by atoms with Crippen LogP contribution in [-0.2, 0) is 0 Å². The Morgan fingerprint density at radius 2 is 1.83 bits per heavy atom. The van der Waals surface area contributed by atoms with Gasteiger partial charge in [0.05, 0.1) is 0 Å².